The molecule has 6 aromatic rings. The zero-order chi connectivity index (χ0) is 25.7. The van der Waals surface area contributed by atoms with Crippen molar-refractivity contribution >= 4 is 32.7 Å². The molecule has 3 aromatic heterocycles. The van der Waals surface area contributed by atoms with Crippen LogP contribution in [0.5, 0.6) is 17.4 Å². The number of rotatable bonds is 5. The summed E-state index contributed by atoms with van der Waals surface area (Å²) < 4.78 is 8.44. The van der Waals surface area contributed by atoms with Gasteiger partial charge < -0.3 is 9.84 Å². The number of phenols is 1. The molecule has 37 heavy (non-hydrogen) atoms. The van der Waals surface area contributed by atoms with Crippen molar-refractivity contribution in [3.8, 4) is 23.2 Å². The number of aromatic nitrogens is 3. The fourth-order valence-electron chi connectivity index (χ4n) is 5.06. The number of hydrogen-bond donors (Lipinski definition) is 1. The lowest BCUT2D eigenvalue weighted by Gasteiger charge is -2.13. The summed E-state index contributed by atoms with van der Waals surface area (Å²) in [7, 11) is 0. The van der Waals surface area contributed by atoms with Crippen molar-refractivity contribution < 1.29 is 9.84 Å². The van der Waals surface area contributed by atoms with Gasteiger partial charge in [0.25, 0.3) is 0 Å². The molecule has 0 saturated heterocycles. The number of pyridine rings is 2. The summed E-state index contributed by atoms with van der Waals surface area (Å²) in [5, 5.41) is 13.7. The fraction of sp³-hybridized carbons (Fsp3) is 0.188. The Balaban J connectivity index is 1.48. The van der Waals surface area contributed by atoms with Crippen LogP contribution < -0.4 is 4.74 Å². The molecule has 0 unspecified atom stereocenters. The number of aromatic hydroxyl groups is 1. The van der Waals surface area contributed by atoms with Gasteiger partial charge in [0.15, 0.2) is 0 Å². The third-order valence-electron chi connectivity index (χ3n) is 7.00. The highest BCUT2D eigenvalue weighted by Gasteiger charge is 2.16. The van der Waals surface area contributed by atoms with Crippen molar-refractivity contribution in [3.63, 3.8) is 0 Å². The van der Waals surface area contributed by atoms with Crippen LogP contribution in [0, 0.1) is 0 Å². The zero-order valence-electron chi connectivity index (χ0n) is 21.4. The second kappa shape index (κ2) is 8.93. The molecular weight excluding hydrogens is 458 g/mol. The van der Waals surface area contributed by atoms with E-state index < -0.39 is 0 Å². The Kier molecular flexibility index (Phi) is 5.56. The molecule has 0 radical (unpaired) electrons. The summed E-state index contributed by atoms with van der Waals surface area (Å²) >= 11 is 0. The minimum atomic E-state index is 0.150. The lowest BCUT2D eigenvalue weighted by atomic mass is 9.98. The van der Waals surface area contributed by atoms with Crippen molar-refractivity contribution in [1.29, 1.82) is 0 Å². The Bertz CT molecular complexity index is 1780. The Morgan fingerprint density at radius 2 is 1.54 bits per heavy atom. The lowest BCUT2D eigenvalue weighted by molar-refractivity contribution is 0.460. The van der Waals surface area contributed by atoms with E-state index in [1.807, 2.05) is 36.5 Å². The maximum absolute atomic E-state index is 10.5. The number of fused-ring (bicyclic) bond motifs is 4. The van der Waals surface area contributed by atoms with Crippen molar-refractivity contribution in [2.45, 2.75) is 39.5 Å². The number of nitrogens with zero attached hydrogens (tertiary/aromatic N) is 3. The number of para-hydroxylation sites is 1. The SMILES string of the molecule is CC(C)c1ccnc(-n2c3ccccc3c3ccc(Oc4ccc5c(C(C)C)ccc(O)c5n4)cc32)c1. The van der Waals surface area contributed by atoms with E-state index in [-0.39, 0.29) is 5.75 Å². The summed E-state index contributed by atoms with van der Waals surface area (Å²) in [4.78, 5) is 9.38. The molecule has 0 aliphatic rings. The molecule has 0 atom stereocenters. The van der Waals surface area contributed by atoms with Crippen LogP contribution >= 0.6 is 0 Å². The molecule has 5 heteroatoms. The monoisotopic (exact) mass is 487 g/mol. The number of hydrogen-bond acceptors (Lipinski definition) is 4. The van der Waals surface area contributed by atoms with E-state index in [4.69, 9.17) is 9.72 Å². The first-order valence-electron chi connectivity index (χ1n) is 12.7. The van der Waals surface area contributed by atoms with Crippen LogP contribution in [-0.2, 0) is 0 Å². The lowest BCUT2D eigenvalue weighted by Crippen LogP contribution is -1.99. The van der Waals surface area contributed by atoms with Gasteiger partial charge in [0.1, 0.15) is 22.8 Å². The van der Waals surface area contributed by atoms with Gasteiger partial charge in [-0.25, -0.2) is 9.97 Å². The molecule has 6 rings (SSSR count). The summed E-state index contributed by atoms with van der Waals surface area (Å²) in [5.74, 6) is 2.86. The molecule has 3 aromatic carbocycles. The van der Waals surface area contributed by atoms with Crippen molar-refractivity contribution in [2.24, 2.45) is 0 Å². The van der Waals surface area contributed by atoms with E-state index in [0.29, 0.717) is 29.0 Å². The summed E-state index contributed by atoms with van der Waals surface area (Å²) in [6, 6.07) is 26.2. The molecule has 0 amide bonds. The van der Waals surface area contributed by atoms with E-state index in [9.17, 15) is 5.11 Å². The molecule has 0 aliphatic heterocycles. The minimum absolute atomic E-state index is 0.150. The number of ether oxygens (including phenoxy) is 1. The Hall–Kier alpha value is -4.38. The molecule has 3 heterocycles. The van der Waals surface area contributed by atoms with E-state index in [1.54, 1.807) is 6.07 Å². The van der Waals surface area contributed by atoms with Crippen molar-refractivity contribution in [1.82, 2.24) is 14.5 Å². The summed E-state index contributed by atoms with van der Waals surface area (Å²) in [6.45, 7) is 8.65. The largest absolute Gasteiger partial charge is 0.506 e. The minimum Gasteiger partial charge on any atom is -0.506 e. The molecule has 5 nitrogen and oxygen atoms in total. The van der Waals surface area contributed by atoms with Gasteiger partial charge in [-0.05, 0) is 65.4 Å². The average molecular weight is 488 g/mol. The Morgan fingerprint density at radius 3 is 2.35 bits per heavy atom. The van der Waals surface area contributed by atoms with Gasteiger partial charge in [0.2, 0.25) is 5.88 Å². The van der Waals surface area contributed by atoms with Gasteiger partial charge >= 0.3 is 0 Å². The van der Waals surface area contributed by atoms with Gasteiger partial charge in [0.05, 0.1) is 11.0 Å². The van der Waals surface area contributed by atoms with E-state index in [2.05, 4.69) is 79.7 Å². The smallest absolute Gasteiger partial charge is 0.219 e. The van der Waals surface area contributed by atoms with Crippen LogP contribution in [0.15, 0.2) is 85.1 Å². The second-order valence-corrected chi connectivity index (χ2v) is 10.1. The Labute approximate surface area is 216 Å². The molecule has 184 valence electrons. The van der Waals surface area contributed by atoms with Gasteiger partial charge in [-0.3, -0.25) is 4.57 Å². The molecular formula is C32H29N3O2. The molecule has 1 N–H and O–H groups in total. The molecule has 0 bridgehead atoms. The number of phenolic OH excluding ortho intramolecular Hbond substituents is 1. The molecule has 0 spiro atoms. The Morgan fingerprint density at radius 1 is 0.757 bits per heavy atom. The van der Waals surface area contributed by atoms with E-state index >= 15 is 0 Å². The molecule has 0 fully saturated rings. The predicted molar refractivity (Wildman–Crippen MR) is 150 cm³/mol. The third-order valence-corrected chi connectivity index (χ3v) is 7.00. The van der Waals surface area contributed by atoms with Crippen LogP contribution in [0.25, 0.3) is 38.5 Å². The van der Waals surface area contributed by atoms with E-state index in [1.165, 1.54) is 5.56 Å². The van der Waals surface area contributed by atoms with Gasteiger partial charge in [0, 0.05) is 34.5 Å². The fourth-order valence-corrected chi connectivity index (χ4v) is 5.06. The predicted octanol–water partition coefficient (Wildman–Crippen LogP) is 8.47. The third kappa shape index (κ3) is 3.97. The van der Waals surface area contributed by atoms with Crippen LogP contribution in [-0.4, -0.2) is 19.6 Å². The van der Waals surface area contributed by atoms with Crippen molar-refractivity contribution in [3.05, 3.63) is 96.2 Å². The highest BCUT2D eigenvalue weighted by molar-refractivity contribution is 6.09. The topological polar surface area (TPSA) is 60.2 Å². The first-order chi connectivity index (χ1) is 17.9. The van der Waals surface area contributed by atoms with Crippen molar-refractivity contribution in [2.75, 3.05) is 0 Å². The van der Waals surface area contributed by atoms with Crippen LogP contribution in [0.4, 0.5) is 0 Å². The summed E-state index contributed by atoms with van der Waals surface area (Å²) in [5.41, 5.74) is 5.04. The maximum atomic E-state index is 10.5. The highest BCUT2D eigenvalue weighted by atomic mass is 16.5. The normalized spacial score (nSPS) is 11.8. The quantitative estimate of drug-likeness (QED) is 0.265. The van der Waals surface area contributed by atoms with Gasteiger partial charge in [-0.1, -0.05) is 52.0 Å². The van der Waals surface area contributed by atoms with Crippen LogP contribution in [0.2, 0.25) is 0 Å². The number of benzene rings is 3. The second-order valence-electron chi connectivity index (χ2n) is 10.1. The van der Waals surface area contributed by atoms with Crippen LogP contribution in [0.1, 0.15) is 50.7 Å². The first kappa shape index (κ1) is 23.0. The first-order valence-corrected chi connectivity index (χ1v) is 12.7. The zero-order valence-corrected chi connectivity index (χ0v) is 21.4. The molecule has 0 saturated carbocycles. The average Bonchev–Trinajstić information content (AvgIpc) is 3.22. The van der Waals surface area contributed by atoms with E-state index in [0.717, 1.165) is 38.6 Å². The van der Waals surface area contributed by atoms with Crippen LogP contribution in [0.3, 0.4) is 0 Å². The van der Waals surface area contributed by atoms with Gasteiger partial charge in [-0.2, -0.15) is 0 Å². The van der Waals surface area contributed by atoms with Gasteiger partial charge in [-0.15, -0.1) is 0 Å². The highest BCUT2D eigenvalue weighted by Crippen LogP contribution is 2.36. The summed E-state index contributed by atoms with van der Waals surface area (Å²) in [6.07, 6.45) is 1.88. The standard InChI is InChI=1S/C32H29N3O2/c1-19(2)21-15-16-33-30(17-21)35-27-8-6-5-7-24(27)25-10-9-22(18-28(25)35)37-31-14-12-26-23(20(3)4)11-13-29(36)32(26)34-31/h5-20,36H,1-4H3. The molecule has 0 aliphatic carbocycles. The maximum Gasteiger partial charge on any atom is 0.219 e.